The second kappa shape index (κ2) is 14.7. The number of hydrogen-bond acceptors (Lipinski definition) is 10. The molecule has 1 atom stereocenters. The molecular weight excluding hydrogens is 674 g/mol. The van der Waals surface area contributed by atoms with Crippen LogP contribution in [0.3, 0.4) is 0 Å². The summed E-state index contributed by atoms with van der Waals surface area (Å²) in [4.78, 5) is 48.6. The second-order valence-corrected chi connectivity index (χ2v) is 11.0. The van der Waals surface area contributed by atoms with E-state index in [0.717, 1.165) is 33.7 Å². The molecule has 4 heterocycles. The van der Waals surface area contributed by atoms with Gasteiger partial charge in [-0.25, -0.2) is 24.5 Å². The minimum absolute atomic E-state index is 0.0864. The van der Waals surface area contributed by atoms with Crippen molar-refractivity contribution in [3.8, 4) is 10.7 Å². The lowest BCUT2D eigenvalue weighted by molar-refractivity contribution is -0.193. The number of anilines is 1. The summed E-state index contributed by atoms with van der Waals surface area (Å²) in [6.45, 7) is 4.37. The first-order valence-electron chi connectivity index (χ1n) is 12.7. The van der Waals surface area contributed by atoms with E-state index >= 15 is 0 Å². The van der Waals surface area contributed by atoms with Crippen molar-refractivity contribution in [2.75, 3.05) is 18.8 Å². The van der Waals surface area contributed by atoms with Crippen LogP contribution in [-0.4, -0.2) is 94.5 Å². The first-order chi connectivity index (χ1) is 21.4. The number of halogens is 7. The number of thiophene rings is 1. The summed E-state index contributed by atoms with van der Waals surface area (Å²) in [5.41, 5.74) is 7.70. The number of H-pyrrole nitrogens is 1. The quantitative estimate of drug-likeness (QED) is 0.219. The molecule has 0 spiro atoms. The zero-order valence-electron chi connectivity index (χ0n) is 23.3. The first-order valence-corrected chi connectivity index (χ1v) is 13.9. The third-order valence-corrected chi connectivity index (χ3v) is 7.37. The van der Waals surface area contributed by atoms with Gasteiger partial charge in [-0.2, -0.15) is 31.4 Å². The molecule has 13 nitrogen and oxygen atoms in total. The van der Waals surface area contributed by atoms with E-state index in [-0.39, 0.29) is 11.9 Å². The Kier molecular flexibility index (Phi) is 11.5. The fraction of sp³-hybridized carbons (Fsp3) is 0.320. The molecule has 46 heavy (non-hydrogen) atoms. The molecule has 248 valence electrons. The second-order valence-electron chi connectivity index (χ2n) is 9.33. The number of nitrogen functional groups attached to an aromatic ring is 1. The number of nitrogens with two attached hydrogens (primary N) is 1. The van der Waals surface area contributed by atoms with Gasteiger partial charge in [-0.15, -0.1) is 11.3 Å². The van der Waals surface area contributed by atoms with Crippen molar-refractivity contribution in [2.24, 2.45) is 0 Å². The predicted octanol–water partition coefficient (Wildman–Crippen LogP) is 4.21. The molecule has 1 amide bonds. The van der Waals surface area contributed by atoms with Crippen LogP contribution in [0.25, 0.3) is 21.6 Å². The van der Waals surface area contributed by atoms with Gasteiger partial charge in [-0.1, -0.05) is 17.7 Å². The van der Waals surface area contributed by atoms with Gasteiger partial charge >= 0.3 is 24.3 Å². The van der Waals surface area contributed by atoms with Gasteiger partial charge in [0.2, 0.25) is 5.91 Å². The fourth-order valence-electron chi connectivity index (χ4n) is 3.89. The average molecular weight is 697 g/mol. The number of benzene rings is 1. The molecule has 1 aliphatic heterocycles. The van der Waals surface area contributed by atoms with Crippen LogP contribution >= 0.6 is 22.9 Å². The highest BCUT2D eigenvalue weighted by Crippen LogP contribution is 2.29. The van der Waals surface area contributed by atoms with E-state index in [2.05, 4.69) is 30.0 Å². The summed E-state index contributed by atoms with van der Waals surface area (Å²) in [5.74, 6) is -3.62. The Morgan fingerprint density at radius 3 is 2.24 bits per heavy atom. The molecule has 0 aliphatic carbocycles. The van der Waals surface area contributed by atoms with Gasteiger partial charge in [0.25, 0.3) is 0 Å². The molecule has 1 fully saturated rings. The third-order valence-electron chi connectivity index (χ3n) is 6.14. The Hall–Kier alpha value is -4.56. The summed E-state index contributed by atoms with van der Waals surface area (Å²) in [6, 6.07) is 9.32. The molecule has 4 aromatic rings. The molecule has 21 heteroatoms. The number of aliphatic carboxylic acids is 2. The molecule has 0 bridgehead atoms. The average Bonchev–Trinajstić information content (AvgIpc) is 3.61. The van der Waals surface area contributed by atoms with E-state index in [1.165, 1.54) is 17.7 Å². The summed E-state index contributed by atoms with van der Waals surface area (Å²) in [6.07, 6.45) is -8.71. The number of carbonyl (C=O) groups is 3. The number of aromatic nitrogens is 5. The number of carboxylic acid groups (broad SMARTS) is 2. The standard InChI is InChI=1S/C21H21ClN8OS.2C2HF3O2/c1-12-21(31)30(9-13-2-3-14-15(8-13)24-11-25-19(14)23)7-6-29(12)10-18-26-20(28-27-18)16-4-5-17(22)32-16;2*3-2(4,5)1(6)7/h2-5,8,11-12H,6-7,9-10H2,1H3,(H2,23,24,25)(H,26,27,28);2*(H,6,7)/t12-;;/m0../s1. The number of piperazine rings is 1. The number of nitrogens with zero attached hydrogens (tertiary/aromatic N) is 6. The van der Waals surface area contributed by atoms with Gasteiger partial charge in [-0.3, -0.25) is 14.8 Å². The summed E-state index contributed by atoms with van der Waals surface area (Å²) < 4.78 is 64.2. The Labute approximate surface area is 263 Å². The zero-order valence-corrected chi connectivity index (χ0v) is 24.9. The Balaban J connectivity index is 0.000000345. The molecule has 5 N–H and O–H groups in total. The maximum atomic E-state index is 13.1. The highest BCUT2D eigenvalue weighted by atomic mass is 35.5. The van der Waals surface area contributed by atoms with Crippen molar-refractivity contribution in [2.45, 2.75) is 38.4 Å². The number of carbonyl (C=O) groups excluding carboxylic acids is 1. The molecule has 1 saturated heterocycles. The Morgan fingerprint density at radius 2 is 1.67 bits per heavy atom. The lowest BCUT2D eigenvalue weighted by atomic mass is 10.1. The number of aromatic amines is 1. The van der Waals surface area contributed by atoms with E-state index in [9.17, 15) is 31.1 Å². The van der Waals surface area contributed by atoms with Crippen molar-refractivity contribution in [1.29, 1.82) is 0 Å². The van der Waals surface area contributed by atoms with Gasteiger partial charge in [0.1, 0.15) is 18.0 Å². The number of rotatable bonds is 5. The van der Waals surface area contributed by atoms with Crippen LogP contribution in [0.1, 0.15) is 18.3 Å². The smallest absolute Gasteiger partial charge is 0.475 e. The molecule has 1 aliphatic rings. The normalized spacial score (nSPS) is 15.5. The Bertz CT molecular complexity index is 1680. The molecule has 3 aromatic heterocycles. The van der Waals surface area contributed by atoms with Gasteiger partial charge in [0, 0.05) is 25.0 Å². The third kappa shape index (κ3) is 9.72. The molecule has 1 aromatic carbocycles. The predicted molar refractivity (Wildman–Crippen MR) is 151 cm³/mol. The molecule has 0 unspecified atom stereocenters. The van der Waals surface area contributed by atoms with Gasteiger partial charge in [-0.05, 0) is 36.8 Å². The van der Waals surface area contributed by atoms with E-state index in [1.54, 1.807) is 0 Å². The number of alkyl halides is 6. The van der Waals surface area contributed by atoms with Crippen molar-refractivity contribution >= 4 is 57.5 Å². The van der Waals surface area contributed by atoms with E-state index < -0.39 is 24.3 Å². The van der Waals surface area contributed by atoms with E-state index in [0.29, 0.717) is 35.6 Å². The van der Waals surface area contributed by atoms with Crippen LogP contribution in [0.4, 0.5) is 32.2 Å². The largest absolute Gasteiger partial charge is 0.490 e. The summed E-state index contributed by atoms with van der Waals surface area (Å²) in [7, 11) is 0. The first kappa shape index (κ1) is 35.9. The molecule has 0 radical (unpaired) electrons. The van der Waals surface area contributed by atoms with E-state index in [4.69, 9.17) is 37.1 Å². The number of amides is 1. The SMILES string of the molecule is C[C@H]1C(=O)N(Cc2ccc3c(N)ncnc3c2)CCN1Cc1nc(-c2ccc(Cl)s2)n[nH]1.O=C(O)C(F)(F)F.O=C(O)C(F)(F)F. The van der Waals surface area contributed by atoms with Crippen molar-refractivity contribution in [3.63, 3.8) is 0 Å². The maximum absolute atomic E-state index is 13.1. The topological polar surface area (TPSA) is 192 Å². The lowest BCUT2D eigenvalue weighted by Crippen LogP contribution is -2.55. The van der Waals surface area contributed by atoms with Crippen LogP contribution in [-0.2, 0) is 27.5 Å². The monoisotopic (exact) mass is 696 g/mol. The van der Waals surface area contributed by atoms with Crippen molar-refractivity contribution < 1.29 is 50.9 Å². The van der Waals surface area contributed by atoms with Crippen LogP contribution in [0.15, 0.2) is 36.7 Å². The van der Waals surface area contributed by atoms with Crippen LogP contribution in [0.2, 0.25) is 4.34 Å². The summed E-state index contributed by atoms with van der Waals surface area (Å²) >= 11 is 7.44. The van der Waals surface area contributed by atoms with E-state index in [1.807, 2.05) is 42.2 Å². The molecular formula is C25H23ClF6N8O5S. The number of hydrogen-bond donors (Lipinski definition) is 4. The van der Waals surface area contributed by atoms with Crippen molar-refractivity contribution in [3.05, 3.63) is 52.4 Å². The number of fused-ring (bicyclic) bond motifs is 1. The van der Waals surface area contributed by atoms with Gasteiger partial charge in [0.05, 0.1) is 27.3 Å². The van der Waals surface area contributed by atoms with Gasteiger partial charge < -0.3 is 20.8 Å². The zero-order chi connectivity index (χ0) is 34.4. The molecule has 0 saturated carbocycles. The van der Waals surface area contributed by atoms with Gasteiger partial charge in [0.15, 0.2) is 5.82 Å². The minimum atomic E-state index is -5.08. The van der Waals surface area contributed by atoms with Crippen LogP contribution < -0.4 is 5.73 Å². The lowest BCUT2D eigenvalue weighted by Gasteiger charge is -2.38. The highest BCUT2D eigenvalue weighted by Gasteiger charge is 2.39. The fourth-order valence-corrected chi connectivity index (χ4v) is 4.87. The number of carboxylic acids is 2. The summed E-state index contributed by atoms with van der Waals surface area (Å²) in [5, 5.41) is 22.3. The number of nitrogens with one attached hydrogen (secondary N) is 1. The minimum Gasteiger partial charge on any atom is -0.475 e. The molecule has 5 rings (SSSR count). The Morgan fingerprint density at radius 1 is 1.04 bits per heavy atom. The van der Waals surface area contributed by atoms with Crippen LogP contribution in [0.5, 0.6) is 0 Å². The highest BCUT2D eigenvalue weighted by molar-refractivity contribution is 7.19. The van der Waals surface area contributed by atoms with Crippen LogP contribution in [0, 0.1) is 0 Å². The maximum Gasteiger partial charge on any atom is 0.490 e. The van der Waals surface area contributed by atoms with Crippen molar-refractivity contribution in [1.82, 2.24) is 34.9 Å².